The predicted molar refractivity (Wildman–Crippen MR) is 35.7 cm³/mol. The van der Waals surface area contributed by atoms with E-state index in [9.17, 15) is 4.79 Å². The van der Waals surface area contributed by atoms with Crippen molar-refractivity contribution >= 4 is 6.29 Å². The number of hydrogen-bond donors (Lipinski definition) is 2. The molecule has 0 aliphatic rings. The lowest BCUT2D eigenvalue weighted by Gasteiger charge is -2.13. The lowest BCUT2D eigenvalue weighted by molar-refractivity contribution is -0.213. The largest absolute Gasteiger partial charge is 0.394 e. The van der Waals surface area contributed by atoms with Gasteiger partial charge in [-0.2, -0.15) is 0 Å². The van der Waals surface area contributed by atoms with E-state index in [4.69, 9.17) is 14.9 Å². The van der Waals surface area contributed by atoms with E-state index in [2.05, 4.69) is 4.74 Å². The van der Waals surface area contributed by atoms with Crippen molar-refractivity contribution in [3.8, 4) is 0 Å². The summed E-state index contributed by atoms with van der Waals surface area (Å²) in [6.45, 7) is 1.51. The quantitative estimate of drug-likeness (QED) is 0.384. The lowest BCUT2D eigenvalue weighted by atomic mass is 10.6. The number of ether oxygens (including phenoxy) is 2. The van der Waals surface area contributed by atoms with Crippen LogP contribution in [0.2, 0.25) is 0 Å². The first-order chi connectivity index (χ1) is 5.20. The molecule has 0 heterocycles. The minimum absolute atomic E-state index is 0.118. The van der Waals surface area contributed by atoms with Gasteiger partial charge in [-0.25, -0.2) is 0 Å². The molecular weight excluding hydrogens is 152 g/mol. The molecule has 0 bridgehead atoms. The van der Waals surface area contributed by atoms with Crippen LogP contribution in [0.1, 0.15) is 6.92 Å². The SMILES string of the molecule is C[C@H](OCCO)OC(O)C=O. The lowest BCUT2D eigenvalue weighted by Crippen LogP contribution is -2.23. The second kappa shape index (κ2) is 6.23. The summed E-state index contributed by atoms with van der Waals surface area (Å²) in [6.07, 6.45) is -1.90. The van der Waals surface area contributed by atoms with E-state index in [0.29, 0.717) is 0 Å². The summed E-state index contributed by atoms with van der Waals surface area (Å²) in [5, 5.41) is 16.9. The van der Waals surface area contributed by atoms with Crippen LogP contribution in [0.4, 0.5) is 0 Å². The standard InChI is InChI=1S/C6H12O5/c1-5(10-3-2-7)11-6(9)4-8/h4-7,9H,2-3H2,1H3/t5-,6?/m1/s1. The van der Waals surface area contributed by atoms with Crippen LogP contribution < -0.4 is 0 Å². The molecule has 2 atom stereocenters. The number of carbonyl (C=O) groups is 1. The summed E-state index contributed by atoms with van der Waals surface area (Å²) < 4.78 is 9.33. The number of aliphatic hydroxyl groups excluding tert-OH is 2. The smallest absolute Gasteiger partial charge is 0.214 e. The van der Waals surface area contributed by atoms with Gasteiger partial charge in [-0.15, -0.1) is 0 Å². The Hall–Kier alpha value is -0.490. The zero-order chi connectivity index (χ0) is 8.69. The highest BCUT2D eigenvalue weighted by atomic mass is 16.7. The molecule has 0 aromatic carbocycles. The molecule has 5 heteroatoms. The summed E-state index contributed by atoms with van der Waals surface area (Å²) in [4.78, 5) is 9.83. The van der Waals surface area contributed by atoms with Gasteiger partial charge < -0.3 is 19.7 Å². The normalized spacial score (nSPS) is 15.9. The van der Waals surface area contributed by atoms with Gasteiger partial charge in [0.15, 0.2) is 12.6 Å². The van der Waals surface area contributed by atoms with E-state index in [1.165, 1.54) is 6.92 Å². The maximum atomic E-state index is 9.83. The van der Waals surface area contributed by atoms with E-state index in [1.807, 2.05) is 0 Å². The van der Waals surface area contributed by atoms with Gasteiger partial charge in [0.1, 0.15) is 0 Å². The van der Waals surface area contributed by atoms with Crippen LogP contribution in [-0.4, -0.2) is 42.3 Å². The highest BCUT2D eigenvalue weighted by molar-refractivity contribution is 5.53. The molecule has 0 saturated heterocycles. The topological polar surface area (TPSA) is 76.0 Å². The van der Waals surface area contributed by atoms with Crippen molar-refractivity contribution in [3.05, 3.63) is 0 Å². The van der Waals surface area contributed by atoms with Crippen LogP contribution in [0.25, 0.3) is 0 Å². The van der Waals surface area contributed by atoms with E-state index < -0.39 is 12.6 Å². The van der Waals surface area contributed by atoms with Gasteiger partial charge >= 0.3 is 0 Å². The molecule has 0 aliphatic carbocycles. The molecule has 0 rings (SSSR count). The maximum absolute atomic E-state index is 9.83. The van der Waals surface area contributed by atoms with Gasteiger partial charge in [-0.05, 0) is 6.92 Å². The molecule has 0 amide bonds. The van der Waals surface area contributed by atoms with E-state index in [-0.39, 0.29) is 19.5 Å². The minimum Gasteiger partial charge on any atom is -0.394 e. The van der Waals surface area contributed by atoms with Gasteiger partial charge in [0.2, 0.25) is 6.29 Å². The first-order valence-corrected chi connectivity index (χ1v) is 3.22. The fourth-order valence-electron chi connectivity index (χ4n) is 0.486. The number of aliphatic hydroxyl groups is 2. The zero-order valence-electron chi connectivity index (χ0n) is 6.27. The zero-order valence-corrected chi connectivity index (χ0v) is 6.27. The highest BCUT2D eigenvalue weighted by Gasteiger charge is 2.07. The summed E-state index contributed by atoms with van der Waals surface area (Å²) in [5.41, 5.74) is 0. The summed E-state index contributed by atoms with van der Waals surface area (Å²) >= 11 is 0. The molecule has 0 aromatic rings. The van der Waals surface area contributed by atoms with Crippen molar-refractivity contribution < 1.29 is 24.5 Å². The summed E-state index contributed by atoms with van der Waals surface area (Å²) in [6, 6.07) is 0. The maximum Gasteiger partial charge on any atom is 0.214 e. The Morgan fingerprint density at radius 2 is 2.27 bits per heavy atom. The second-order valence-electron chi connectivity index (χ2n) is 1.82. The first kappa shape index (κ1) is 10.5. The van der Waals surface area contributed by atoms with Gasteiger partial charge in [0, 0.05) is 0 Å². The molecule has 66 valence electrons. The summed E-state index contributed by atoms with van der Waals surface area (Å²) in [7, 11) is 0. The number of aldehydes is 1. The Labute approximate surface area is 64.5 Å². The molecule has 5 nitrogen and oxygen atoms in total. The van der Waals surface area contributed by atoms with Crippen molar-refractivity contribution in [2.45, 2.75) is 19.5 Å². The Kier molecular flexibility index (Phi) is 5.96. The first-order valence-electron chi connectivity index (χ1n) is 3.22. The van der Waals surface area contributed by atoms with Crippen LogP contribution in [0, 0.1) is 0 Å². The van der Waals surface area contributed by atoms with E-state index in [0.717, 1.165) is 0 Å². The molecule has 0 aliphatic heterocycles. The molecule has 0 fully saturated rings. The van der Waals surface area contributed by atoms with Crippen LogP contribution in [0.5, 0.6) is 0 Å². The molecule has 0 saturated carbocycles. The molecule has 0 spiro atoms. The highest BCUT2D eigenvalue weighted by Crippen LogP contribution is 1.95. The van der Waals surface area contributed by atoms with Crippen molar-refractivity contribution in [2.24, 2.45) is 0 Å². The van der Waals surface area contributed by atoms with Gasteiger partial charge in [-0.1, -0.05) is 0 Å². The monoisotopic (exact) mass is 164 g/mol. The molecule has 2 N–H and O–H groups in total. The second-order valence-corrected chi connectivity index (χ2v) is 1.82. The fraction of sp³-hybridized carbons (Fsp3) is 0.833. The van der Waals surface area contributed by atoms with Crippen molar-refractivity contribution in [1.82, 2.24) is 0 Å². The Morgan fingerprint density at radius 1 is 1.64 bits per heavy atom. The van der Waals surface area contributed by atoms with Crippen LogP contribution >= 0.6 is 0 Å². The molecule has 0 aromatic heterocycles. The third-order valence-electron chi connectivity index (χ3n) is 0.891. The number of hydrogen-bond acceptors (Lipinski definition) is 5. The van der Waals surface area contributed by atoms with Gasteiger partial charge in [-0.3, -0.25) is 4.79 Å². The summed E-state index contributed by atoms with van der Waals surface area (Å²) in [5.74, 6) is 0. The predicted octanol–water partition coefficient (Wildman–Crippen LogP) is -1.12. The number of rotatable bonds is 6. The third-order valence-corrected chi connectivity index (χ3v) is 0.891. The third kappa shape index (κ3) is 5.93. The Balaban J connectivity index is 3.34. The molecule has 0 radical (unpaired) electrons. The Bertz CT molecular complexity index is 105. The van der Waals surface area contributed by atoms with Gasteiger partial charge in [0.25, 0.3) is 0 Å². The van der Waals surface area contributed by atoms with Crippen LogP contribution in [0.3, 0.4) is 0 Å². The fourth-order valence-corrected chi connectivity index (χ4v) is 0.486. The Morgan fingerprint density at radius 3 is 2.73 bits per heavy atom. The minimum atomic E-state index is -1.45. The molecule has 11 heavy (non-hydrogen) atoms. The van der Waals surface area contributed by atoms with E-state index in [1.54, 1.807) is 0 Å². The van der Waals surface area contributed by atoms with Gasteiger partial charge in [0.05, 0.1) is 13.2 Å². The van der Waals surface area contributed by atoms with Crippen LogP contribution in [0.15, 0.2) is 0 Å². The van der Waals surface area contributed by atoms with Crippen molar-refractivity contribution in [3.63, 3.8) is 0 Å². The van der Waals surface area contributed by atoms with Crippen molar-refractivity contribution in [1.29, 1.82) is 0 Å². The molecule has 1 unspecified atom stereocenters. The number of carbonyl (C=O) groups excluding carboxylic acids is 1. The average Bonchev–Trinajstić information content (AvgIpc) is 2.00. The average molecular weight is 164 g/mol. The molecular formula is C6H12O5. The van der Waals surface area contributed by atoms with E-state index >= 15 is 0 Å². The van der Waals surface area contributed by atoms with Crippen LogP contribution in [-0.2, 0) is 14.3 Å². The van der Waals surface area contributed by atoms with Crippen molar-refractivity contribution in [2.75, 3.05) is 13.2 Å².